The third-order valence-corrected chi connectivity index (χ3v) is 3.82. The Balaban J connectivity index is 1.85. The standard InChI is InChI=1S/C14H15N3O5/c15-13(20)22-14(21)5-6-17(12(14)19)9-2-3-10-8(7-9)1-4-11(18)16-10/h2-3,7,21H,1,4-6H2,(H2,15,20)(H,16,18)/t14-/m0/s1. The number of aliphatic hydroxyl groups is 1. The molecule has 3 amide bonds. The van der Waals surface area contributed by atoms with Crippen LogP contribution in [-0.4, -0.2) is 35.3 Å². The van der Waals surface area contributed by atoms with Crippen LogP contribution in [0.5, 0.6) is 0 Å². The Labute approximate surface area is 125 Å². The van der Waals surface area contributed by atoms with E-state index in [2.05, 4.69) is 10.1 Å². The van der Waals surface area contributed by atoms with E-state index in [1.807, 2.05) is 0 Å². The Hall–Kier alpha value is -2.61. The number of fused-ring (bicyclic) bond motifs is 1. The van der Waals surface area contributed by atoms with Gasteiger partial charge >= 0.3 is 6.09 Å². The molecule has 1 fully saturated rings. The van der Waals surface area contributed by atoms with Gasteiger partial charge in [0.1, 0.15) is 0 Å². The van der Waals surface area contributed by atoms with E-state index in [9.17, 15) is 19.5 Å². The lowest BCUT2D eigenvalue weighted by Gasteiger charge is -2.23. The Morgan fingerprint density at radius 1 is 1.36 bits per heavy atom. The van der Waals surface area contributed by atoms with Crippen LogP contribution in [0, 0.1) is 0 Å². The zero-order valence-corrected chi connectivity index (χ0v) is 11.7. The minimum absolute atomic E-state index is 0.0401. The lowest BCUT2D eigenvalue weighted by Crippen LogP contribution is -2.45. The predicted octanol–water partition coefficient (Wildman–Crippen LogP) is 0.0919. The highest BCUT2D eigenvalue weighted by molar-refractivity contribution is 6.02. The molecule has 4 N–H and O–H groups in total. The number of anilines is 2. The van der Waals surface area contributed by atoms with Crippen LogP contribution >= 0.6 is 0 Å². The minimum atomic E-state index is -2.21. The van der Waals surface area contributed by atoms with E-state index in [0.717, 1.165) is 11.3 Å². The summed E-state index contributed by atoms with van der Waals surface area (Å²) in [5.41, 5.74) is 7.08. The maximum atomic E-state index is 12.3. The molecule has 0 unspecified atom stereocenters. The Morgan fingerprint density at radius 2 is 2.14 bits per heavy atom. The molecule has 2 heterocycles. The number of rotatable bonds is 2. The summed E-state index contributed by atoms with van der Waals surface area (Å²) >= 11 is 0. The van der Waals surface area contributed by atoms with E-state index >= 15 is 0 Å². The lowest BCUT2D eigenvalue weighted by atomic mass is 10.0. The number of carbonyl (C=O) groups is 3. The van der Waals surface area contributed by atoms with Crippen LogP contribution in [0.15, 0.2) is 18.2 Å². The number of carbonyl (C=O) groups excluding carboxylic acids is 3. The highest BCUT2D eigenvalue weighted by Gasteiger charge is 2.49. The fraction of sp³-hybridized carbons (Fsp3) is 0.357. The van der Waals surface area contributed by atoms with Gasteiger partial charge in [-0.1, -0.05) is 0 Å². The van der Waals surface area contributed by atoms with Crippen molar-refractivity contribution in [3.05, 3.63) is 23.8 Å². The van der Waals surface area contributed by atoms with Crippen molar-refractivity contribution in [2.75, 3.05) is 16.8 Å². The van der Waals surface area contributed by atoms with Crippen LogP contribution in [0.4, 0.5) is 16.2 Å². The number of primary amides is 1. The summed E-state index contributed by atoms with van der Waals surface area (Å²) < 4.78 is 4.54. The summed E-state index contributed by atoms with van der Waals surface area (Å²) in [5.74, 6) is -2.98. The largest absolute Gasteiger partial charge is 0.407 e. The average molecular weight is 305 g/mol. The monoisotopic (exact) mass is 305 g/mol. The average Bonchev–Trinajstić information content (AvgIpc) is 2.73. The second kappa shape index (κ2) is 4.99. The smallest absolute Gasteiger partial charge is 0.407 e. The quantitative estimate of drug-likeness (QED) is 0.668. The zero-order chi connectivity index (χ0) is 15.9. The molecule has 1 aromatic rings. The fourth-order valence-corrected chi connectivity index (χ4v) is 2.73. The molecule has 0 aliphatic carbocycles. The molecule has 0 aromatic heterocycles. The van der Waals surface area contributed by atoms with Crippen LogP contribution in [0.2, 0.25) is 0 Å². The third kappa shape index (κ3) is 2.37. The molecular formula is C14H15N3O5. The van der Waals surface area contributed by atoms with Crippen molar-refractivity contribution in [2.24, 2.45) is 5.73 Å². The van der Waals surface area contributed by atoms with E-state index in [1.165, 1.54) is 4.90 Å². The van der Waals surface area contributed by atoms with Gasteiger partial charge in [0, 0.05) is 30.8 Å². The summed E-state index contributed by atoms with van der Waals surface area (Å²) in [6.45, 7) is 0.202. The van der Waals surface area contributed by atoms with Crippen LogP contribution < -0.4 is 16.0 Å². The first-order valence-corrected chi connectivity index (χ1v) is 6.85. The topological polar surface area (TPSA) is 122 Å². The van der Waals surface area contributed by atoms with Crippen molar-refractivity contribution < 1.29 is 24.2 Å². The summed E-state index contributed by atoms with van der Waals surface area (Å²) in [6.07, 6.45) is -0.285. The first kappa shape index (κ1) is 14.3. The van der Waals surface area contributed by atoms with Gasteiger partial charge in [0.25, 0.3) is 11.7 Å². The van der Waals surface area contributed by atoms with Crippen molar-refractivity contribution >= 4 is 29.3 Å². The SMILES string of the molecule is NC(=O)O[C@@]1(O)CCN(c2ccc3c(c2)CCC(=O)N3)C1=O. The van der Waals surface area contributed by atoms with Crippen molar-refractivity contribution in [3.63, 3.8) is 0 Å². The highest BCUT2D eigenvalue weighted by atomic mass is 16.7. The number of hydrogen-bond acceptors (Lipinski definition) is 5. The van der Waals surface area contributed by atoms with Crippen LogP contribution in [-0.2, 0) is 20.7 Å². The van der Waals surface area contributed by atoms with E-state index in [4.69, 9.17) is 5.73 Å². The molecule has 0 spiro atoms. The molecule has 1 atom stereocenters. The fourth-order valence-electron chi connectivity index (χ4n) is 2.73. The summed E-state index contributed by atoms with van der Waals surface area (Å²) in [7, 11) is 0. The number of nitrogens with one attached hydrogen (secondary N) is 1. The number of ether oxygens (including phenoxy) is 1. The van der Waals surface area contributed by atoms with Gasteiger partial charge in [-0.3, -0.25) is 9.59 Å². The van der Waals surface area contributed by atoms with Gasteiger partial charge in [-0.15, -0.1) is 0 Å². The molecule has 0 saturated carbocycles. The minimum Gasteiger partial charge on any atom is -0.407 e. The van der Waals surface area contributed by atoms with Gasteiger partial charge in [0.2, 0.25) is 5.91 Å². The molecule has 8 heteroatoms. The maximum Gasteiger partial charge on any atom is 0.407 e. The number of amides is 3. The maximum absolute atomic E-state index is 12.3. The second-order valence-electron chi connectivity index (χ2n) is 5.30. The molecule has 1 saturated heterocycles. The van der Waals surface area contributed by atoms with Crippen molar-refractivity contribution in [1.29, 1.82) is 0 Å². The molecule has 8 nitrogen and oxygen atoms in total. The van der Waals surface area contributed by atoms with E-state index in [-0.39, 0.29) is 18.9 Å². The van der Waals surface area contributed by atoms with E-state index in [1.54, 1.807) is 18.2 Å². The molecule has 3 rings (SSSR count). The number of hydrogen-bond donors (Lipinski definition) is 3. The summed E-state index contributed by atoms with van der Waals surface area (Å²) in [6, 6.07) is 5.16. The van der Waals surface area contributed by atoms with Crippen molar-refractivity contribution in [3.8, 4) is 0 Å². The van der Waals surface area contributed by atoms with Crippen LogP contribution in [0.3, 0.4) is 0 Å². The predicted molar refractivity (Wildman–Crippen MR) is 76.0 cm³/mol. The first-order chi connectivity index (χ1) is 10.4. The zero-order valence-electron chi connectivity index (χ0n) is 11.7. The molecule has 0 bridgehead atoms. The highest BCUT2D eigenvalue weighted by Crippen LogP contribution is 2.33. The molecular weight excluding hydrogens is 290 g/mol. The van der Waals surface area contributed by atoms with Gasteiger partial charge in [-0.05, 0) is 30.2 Å². The second-order valence-corrected chi connectivity index (χ2v) is 5.30. The Morgan fingerprint density at radius 3 is 2.86 bits per heavy atom. The summed E-state index contributed by atoms with van der Waals surface area (Å²) in [5, 5.41) is 12.8. The Kier molecular flexibility index (Phi) is 3.25. The number of benzene rings is 1. The normalized spacial score (nSPS) is 24.0. The van der Waals surface area contributed by atoms with Crippen LogP contribution in [0.25, 0.3) is 0 Å². The first-order valence-electron chi connectivity index (χ1n) is 6.85. The van der Waals surface area contributed by atoms with Gasteiger partial charge in [-0.25, -0.2) is 4.79 Å². The van der Waals surface area contributed by atoms with Gasteiger partial charge < -0.3 is 25.8 Å². The summed E-state index contributed by atoms with van der Waals surface area (Å²) in [4.78, 5) is 35.7. The number of aryl methyl sites for hydroxylation is 1. The molecule has 2 aliphatic heterocycles. The van der Waals surface area contributed by atoms with E-state index < -0.39 is 17.8 Å². The number of nitrogens with two attached hydrogens (primary N) is 1. The number of nitrogens with zero attached hydrogens (tertiary/aromatic N) is 1. The van der Waals surface area contributed by atoms with Gasteiger partial charge in [-0.2, -0.15) is 0 Å². The van der Waals surface area contributed by atoms with Crippen molar-refractivity contribution in [1.82, 2.24) is 0 Å². The molecule has 0 radical (unpaired) electrons. The molecule has 22 heavy (non-hydrogen) atoms. The van der Waals surface area contributed by atoms with Crippen LogP contribution in [0.1, 0.15) is 18.4 Å². The Bertz CT molecular complexity index is 674. The molecule has 116 valence electrons. The van der Waals surface area contributed by atoms with Gasteiger partial charge in [0.05, 0.1) is 0 Å². The lowest BCUT2D eigenvalue weighted by molar-refractivity contribution is -0.174. The molecule has 1 aromatic carbocycles. The van der Waals surface area contributed by atoms with Crippen molar-refractivity contribution in [2.45, 2.75) is 25.0 Å². The molecule has 2 aliphatic rings. The van der Waals surface area contributed by atoms with Gasteiger partial charge in [0.15, 0.2) is 0 Å². The van der Waals surface area contributed by atoms with E-state index in [0.29, 0.717) is 18.5 Å². The third-order valence-electron chi connectivity index (χ3n) is 3.82.